The zero-order valence-corrected chi connectivity index (χ0v) is 10.4. The van der Waals surface area contributed by atoms with Crippen LogP contribution in [0.15, 0.2) is 18.3 Å². The van der Waals surface area contributed by atoms with Crippen LogP contribution >= 0.6 is 0 Å². The third-order valence-electron chi connectivity index (χ3n) is 2.20. The fraction of sp³-hybridized carbons (Fsp3) is 0.364. The first-order valence-electron chi connectivity index (χ1n) is 5.65. The average molecular weight is 248 g/mol. The van der Waals surface area contributed by atoms with Crippen molar-refractivity contribution in [1.29, 1.82) is 0 Å². The molecular weight excluding hydrogens is 232 g/mol. The fourth-order valence-electron chi connectivity index (χ4n) is 1.45. The van der Waals surface area contributed by atoms with E-state index >= 15 is 0 Å². The summed E-state index contributed by atoms with van der Waals surface area (Å²) in [5.74, 6) is 2.27. The zero-order chi connectivity index (χ0) is 13.0. The number of aromatic nitrogens is 4. The Morgan fingerprint density at radius 2 is 2.22 bits per heavy atom. The van der Waals surface area contributed by atoms with Crippen LogP contribution in [0.1, 0.15) is 12.7 Å². The van der Waals surface area contributed by atoms with Crippen LogP contribution < -0.4 is 11.1 Å². The van der Waals surface area contributed by atoms with Gasteiger partial charge in [-0.2, -0.15) is 5.10 Å². The van der Waals surface area contributed by atoms with Gasteiger partial charge in [-0.05, 0) is 6.92 Å². The molecule has 2 aromatic heterocycles. The largest absolute Gasteiger partial charge is 0.384 e. The molecule has 7 heteroatoms. The van der Waals surface area contributed by atoms with Crippen LogP contribution in [0.5, 0.6) is 0 Å². The summed E-state index contributed by atoms with van der Waals surface area (Å²) in [7, 11) is 1.85. The lowest BCUT2D eigenvalue weighted by Crippen LogP contribution is -2.05. The van der Waals surface area contributed by atoms with E-state index in [2.05, 4.69) is 20.4 Å². The molecule has 2 heterocycles. The minimum Gasteiger partial charge on any atom is -0.384 e. The van der Waals surface area contributed by atoms with E-state index in [1.54, 1.807) is 10.7 Å². The summed E-state index contributed by atoms with van der Waals surface area (Å²) in [4.78, 5) is 8.39. The van der Waals surface area contributed by atoms with Gasteiger partial charge in [-0.3, -0.25) is 4.68 Å². The van der Waals surface area contributed by atoms with Crippen molar-refractivity contribution >= 4 is 17.5 Å². The summed E-state index contributed by atoms with van der Waals surface area (Å²) in [6.45, 7) is 2.87. The van der Waals surface area contributed by atoms with Gasteiger partial charge in [0, 0.05) is 32.0 Å². The molecule has 0 aliphatic rings. The first-order chi connectivity index (χ1) is 8.67. The van der Waals surface area contributed by atoms with Gasteiger partial charge in [0.25, 0.3) is 0 Å². The maximum atomic E-state index is 5.72. The van der Waals surface area contributed by atoms with Crippen LogP contribution in [0.4, 0.5) is 17.5 Å². The minimum absolute atomic E-state index is 0.346. The van der Waals surface area contributed by atoms with Crippen LogP contribution in [-0.2, 0) is 18.4 Å². The lowest BCUT2D eigenvalue weighted by atomic mass is 10.4. The number of hydrogen-bond donors (Lipinski definition) is 2. The van der Waals surface area contributed by atoms with Crippen LogP contribution in [0.3, 0.4) is 0 Å². The second-order valence-corrected chi connectivity index (χ2v) is 3.73. The SMILES string of the molecule is CCOCc1nc(N)cc(Nc2ccn(C)n2)n1. The third kappa shape index (κ3) is 3.17. The highest BCUT2D eigenvalue weighted by Gasteiger charge is 2.04. The van der Waals surface area contributed by atoms with Crippen molar-refractivity contribution in [2.75, 3.05) is 17.7 Å². The van der Waals surface area contributed by atoms with Crippen molar-refractivity contribution < 1.29 is 4.74 Å². The van der Waals surface area contributed by atoms with Crippen molar-refractivity contribution in [1.82, 2.24) is 19.7 Å². The van der Waals surface area contributed by atoms with Gasteiger partial charge in [0.15, 0.2) is 11.6 Å². The van der Waals surface area contributed by atoms with Gasteiger partial charge in [0.2, 0.25) is 0 Å². The van der Waals surface area contributed by atoms with E-state index in [-0.39, 0.29) is 0 Å². The Labute approximate surface area is 105 Å². The summed E-state index contributed by atoms with van der Waals surface area (Å²) in [6.07, 6.45) is 1.84. The van der Waals surface area contributed by atoms with Gasteiger partial charge in [-0.25, -0.2) is 9.97 Å². The highest BCUT2D eigenvalue weighted by atomic mass is 16.5. The maximum absolute atomic E-state index is 5.72. The quantitative estimate of drug-likeness (QED) is 0.822. The van der Waals surface area contributed by atoms with Gasteiger partial charge in [0.05, 0.1) is 0 Å². The number of nitrogens with two attached hydrogens (primary N) is 1. The Morgan fingerprint density at radius 3 is 2.89 bits per heavy atom. The van der Waals surface area contributed by atoms with E-state index in [9.17, 15) is 0 Å². The standard InChI is InChI=1S/C11H16N6O/c1-3-18-7-11-13-8(12)6-10(15-11)14-9-4-5-17(2)16-9/h4-6H,3,7H2,1-2H3,(H3,12,13,14,15,16). The summed E-state index contributed by atoms with van der Waals surface area (Å²) in [5.41, 5.74) is 5.72. The third-order valence-corrected chi connectivity index (χ3v) is 2.20. The number of nitrogen functional groups attached to an aromatic ring is 1. The molecule has 0 fully saturated rings. The summed E-state index contributed by atoms with van der Waals surface area (Å²) < 4.78 is 6.96. The molecule has 0 amide bonds. The second kappa shape index (κ2) is 5.46. The minimum atomic E-state index is 0.346. The van der Waals surface area contributed by atoms with Crippen LogP contribution in [0.25, 0.3) is 0 Å². The Bertz CT molecular complexity index is 524. The lowest BCUT2D eigenvalue weighted by molar-refractivity contribution is 0.128. The smallest absolute Gasteiger partial charge is 0.158 e. The van der Waals surface area contributed by atoms with E-state index in [1.807, 2.05) is 26.2 Å². The van der Waals surface area contributed by atoms with Crippen LogP contribution in [0, 0.1) is 0 Å². The number of aryl methyl sites for hydroxylation is 1. The Balaban J connectivity index is 2.14. The number of rotatable bonds is 5. The summed E-state index contributed by atoms with van der Waals surface area (Å²) in [5, 5.41) is 7.26. The Kier molecular flexibility index (Phi) is 3.73. The van der Waals surface area contributed by atoms with E-state index in [0.717, 1.165) is 0 Å². The van der Waals surface area contributed by atoms with Gasteiger partial charge in [-0.15, -0.1) is 0 Å². The van der Waals surface area contributed by atoms with Crippen molar-refractivity contribution in [3.63, 3.8) is 0 Å². The molecule has 0 saturated heterocycles. The molecule has 0 spiro atoms. The Hall–Kier alpha value is -2.15. The molecule has 3 N–H and O–H groups in total. The molecule has 0 saturated carbocycles. The molecule has 0 aliphatic heterocycles. The molecule has 2 aromatic rings. The molecular formula is C11H16N6O. The average Bonchev–Trinajstić information content (AvgIpc) is 2.71. The molecule has 2 rings (SSSR count). The monoisotopic (exact) mass is 248 g/mol. The molecule has 7 nitrogen and oxygen atoms in total. The topological polar surface area (TPSA) is 90.9 Å². The number of nitrogens with zero attached hydrogens (tertiary/aromatic N) is 4. The first kappa shape index (κ1) is 12.3. The molecule has 0 bridgehead atoms. The molecule has 0 aromatic carbocycles. The molecule has 0 unspecified atom stereocenters. The summed E-state index contributed by atoms with van der Waals surface area (Å²) >= 11 is 0. The molecule has 0 atom stereocenters. The highest BCUT2D eigenvalue weighted by molar-refractivity contribution is 5.54. The molecule has 0 radical (unpaired) electrons. The number of ether oxygens (including phenoxy) is 1. The first-order valence-corrected chi connectivity index (χ1v) is 5.65. The highest BCUT2D eigenvalue weighted by Crippen LogP contribution is 2.14. The predicted octanol–water partition coefficient (Wildman–Crippen LogP) is 1.07. The van der Waals surface area contributed by atoms with E-state index < -0.39 is 0 Å². The number of hydrogen-bond acceptors (Lipinski definition) is 6. The van der Waals surface area contributed by atoms with Crippen LogP contribution in [-0.4, -0.2) is 26.4 Å². The van der Waals surface area contributed by atoms with Crippen LogP contribution in [0.2, 0.25) is 0 Å². The lowest BCUT2D eigenvalue weighted by Gasteiger charge is -2.06. The predicted molar refractivity (Wildman–Crippen MR) is 68.3 cm³/mol. The second-order valence-electron chi connectivity index (χ2n) is 3.73. The molecule has 18 heavy (non-hydrogen) atoms. The Morgan fingerprint density at radius 1 is 1.39 bits per heavy atom. The molecule has 96 valence electrons. The van der Waals surface area contributed by atoms with Gasteiger partial charge < -0.3 is 15.8 Å². The molecule has 0 aliphatic carbocycles. The zero-order valence-electron chi connectivity index (χ0n) is 10.4. The van der Waals surface area contributed by atoms with E-state index in [1.165, 1.54) is 0 Å². The number of anilines is 3. The summed E-state index contributed by atoms with van der Waals surface area (Å²) in [6, 6.07) is 3.50. The maximum Gasteiger partial charge on any atom is 0.158 e. The normalized spacial score (nSPS) is 10.6. The van der Waals surface area contributed by atoms with Gasteiger partial charge in [0.1, 0.15) is 18.2 Å². The van der Waals surface area contributed by atoms with Crippen molar-refractivity contribution in [3.8, 4) is 0 Å². The van der Waals surface area contributed by atoms with Gasteiger partial charge >= 0.3 is 0 Å². The van der Waals surface area contributed by atoms with Crippen molar-refractivity contribution in [3.05, 3.63) is 24.2 Å². The van der Waals surface area contributed by atoms with Crippen molar-refractivity contribution in [2.24, 2.45) is 7.05 Å². The van der Waals surface area contributed by atoms with Crippen molar-refractivity contribution in [2.45, 2.75) is 13.5 Å². The number of nitrogens with one attached hydrogen (secondary N) is 1. The van der Waals surface area contributed by atoms with Gasteiger partial charge in [-0.1, -0.05) is 0 Å². The fourth-order valence-corrected chi connectivity index (χ4v) is 1.45. The van der Waals surface area contributed by atoms with E-state index in [0.29, 0.717) is 36.5 Å². The van der Waals surface area contributed by atoms with E-state index in [4.69, 9.17) is 10.5 Å².